The maximum Gasteiger partial charge on any atom is 0.141 e. The highest BCUT2D eigenvalue weighted by atomic mass is 16.3. The Kier molecular flexibility index (Phi) is 4.75. The van der Waals surface area contributed by atoms with E-state index in [9.17, 15) is 5.11 Å². The van der Waals surface area contributed by atoms with Gasteiger partial charge in [0.2, 0.25) is 0 Å². The van der Waals surface area contributed by atoms with Gasteiger partial charge in [0.15, 0.2) is 0 Å². The number of aromatic hydroxyl groups is 1. The lowest BCUT2D eigenvalue weighted by Crippen LogP contribution is -2.08. The molecule has 1 aromatic carbocycles. The molecular weight excluding hydrogens is 298 g/mol. The van der Waals surface area contributed by atoms with Gasteiger partial charge >= 0.3 is 0 Å². The van der Waals surface area contributed by atoms with Gasteiger partial charge in [-0.25, -0.2) is 4.98 Å². The summed E-state index contributed by atoms with van der Waals surface area (Å²) in [6.07, 6.45) is 5.98. The first-order valence-corrected chi connectivity index (χ1v) is 8.11. The summed E-state index contributed by atoms with van der Waals surface area (Å²) in [5.41, 5.74) is 10.6. The molecule has 0 bridgehead atoms. The summed E-state index contributed by atoms with van der Waals surface area (Å²) >= 11 is 0. The predicted octanol–water partition coefficient (Wildman–Crippen LogP) is 4.28. The van der Waals surface area contributed by atoms with Crippen molar-refractivity contribution < 1.29 is 5.11 Å². The number of hydrogen-bond donors (Lipinski definition) is 2. The van der Waals surface area contributed by atoms with E-state index < -0.39 is 0 Å². The highest BCUT2D eigenvalue weighted by molar-refractivity contribution is 5.85. The molecule has 0 spiro atoms. The van der Waals surface area contributed by atoms with E-state index in [0.29, 0.717) is 17.1 Å². The molecule has 3 rings (SSSR count). The van der Waals surface area contributed by atoms with Crippen molar-refractivity contribution >= 4 is 11.9 Å². The fourth-order valence-electron chi connectivity index (χ4n) is 2.74. The number of hydrogen-bond acceptors (Lipinski definition) is 4. The highest BCUT2D eigenvalue weighted by Crippen LogP contribution is 2.28. The Balaban J connectivity index is 1.86. The first kappa shape index (κ1) is 16.0. The molecule has 4 heteroatoms. The third kappa shape index (κ3) is 3.54. The van der Waals surface area contributed by atoms with Crippen molar-refractivity contribution in [1.29, 1.82) is 0 Å². The highest BCUT2D eigenvalue weighted by Gasteiger charge is 2.10. The lowest BCUT2D eigenvalue weighted by molar-refractivity contribution is 0.475. The Hall–Kier alpha value is -2.88. The molecule has 0 saturated carbocycles. The van der Waals surface area contributed by atoms with Crippen LogP contribution in [0.25, 0.3) is 17.0 Å². The molecule has 0 aliphatic heterocycles. The van der Waals surface area contributed by atoms with E-state index in [1.54, 1.807) is 18.3 Å². The van der Waals surface area contributed by atoms with Gasteiger partial charge in [-0.3, -0.25) is 4.99 Å². The lowest BCUT2D eigenvalue weighted by Gasteiger charge is -2.13. The molecule has 0 unspecified atom stereocenters. The number of aliphatic imine (C=N–C) groups is 1. The van der Waals surface area contributed by atoms with Crippen molar-refractivity contribution in [2.75, 3.05) is 0 Å². The van der Waals surface area contributed by atoms with Crippen LogP contribution in [0.4, 0.5) is 0 Å². The normalized spacial score (nSPS) is 15.0. The SMILES string of the molecule is C=C(N=CC1=C(N)CCCC1)c1ccc(O)c(-c2ccccc2)n1. The predicted molar refractivity (Wildman–Crippen MR) is 98.5 cm³/mol. The smallest absolute Gasteiger partial charge is 0.141 e. The molecule has 2 aromatic rings. The second-order valence-corrected chi connectivity index (χ2v) is 5.89. The van der Waals surface area contributed by atoms with Gasteiger partial charge in [-0.2, -0.15) is 0 Å². The summed E-state index contributed by atoms with van der Waals surface area (Å²) in [4.78, 5) is 8.95. The largest absolute Gasteiger partial charge is 0.506 e. The molecule has 1 aromatic heterocycles. The zero-order chi connectivity index (χ0) is 16.9. The monoisotopic (exact) mass is 319 g/mol. The molecule has 0 saturated heterocycles. The molecule has 4 nitrogen and oxygen atoms in total. The van der Waals surface area contributed by atoms with Crippen LogP contribution < -0.4 is 5.73 Å². The summed E-state index contributed by atoms with van der Waals surface area (Å²) in [6.45, 7) is 3.99. The molecule has 0 fully saturated rings. The standard InChI is InChI=1S/C20H21N3O/c1-14(22-13-16-9-5-6-10-17(16)21)18-11-12-19(24)20(23-18)15-7-3-2-4-8-15/h2-4,7-8,11-13,24H,1,5-6,9-10,21H2. The molecule has 1 aliphatic rings. The van der Waals surface area contributed by atoms with Crippen LogP contribution in [0.2, 0.25) is 0 Å². The van der Waals surface area contributed by atoms with E-state index in [4.69, 9.17) is 5.73 Å². The second kappa shape index (κ2) is 7.13. The Bertz CT molecular complexity index is 807. The zero-order valence-electron chi connectivity index (χ0n) is 13.6. The van der Waals surface area contributed by atoms with Crippen LogP contribution in [0.3, 0.4) is 0 Å². The van der Waals surface area contributed by atoms with Crippen molar-refractivity contribution in [1.82, 2.24) is 4.98 Å². The van der Waals surface area contributed by atoms with Gasteiger partial charge in [0.05, 0.1) is 11.4 Å². The zero-order valence-corrected chi connectivity index (χ0v) is 13.6. The molecule has 3 N–H and O–H groups in total. The molecule has 0 amide bonds. The molecule has 0 atom stereocenters. The van der Waals surface area contributed by atoms with Crippen molar-refractivity contribution in [2.45, 2.75) is 25.7 Å². The molecule has 1 heterocycles. The van der Waals surface area contributed by atoms with E-state index in [1.165, 1.54) is 0 Å². The Morgan fingerprint density at radius 1 is 1.12 bits per heavy atom. The van der Waals surface area contributed by atoms with Crippen LogP contribution in [0.5, 0.6) is 5.75 Å². The summed E-state index contributed by atoms with van der Waals surface area (Å²) in [7, 11) is 0. The molecule has 1 aliphatic carbocycles. The number of allylic oxidation sites excluding steroid dienone is 2. The average molecular weight is 319 g/mol. The third-order valence-corrected chi connectivity index (χ3v) is 4.15. The quantitative estimate of drug-likeness (QED) is 0.826. The first-order chi connectivity index (χ1) is 11.6. The number of benzene rings is 1. The van der Waals surface area contributed by atoms with Crippen LogP contribution in [-0.4, -0.2) is 16.3 Å². The molecular formula is C20H21N3O. The van der Waals surface area contributed by atoms with Crippen LogP contribution in [-0.2, 0) is 0 Å². The fourth-order valence-corrected chi connectivity index (χ4v) is 2.74. The van der Waals surface area contributed by atoms with E-state index in [-0.39, 0.29) is 5.75 Å². The van der Waals surface area contributed by atoms with Crippen molar-refractivity contribution in [3.8, 4) is 17.0 Å². The number of aromatic nitrogens is 1. The third-order valence-electron chi connectivity index (χ3n) is 4.15. The van der Waals surface area contributed by atoms with Crippen LogP contribution >= 0.6 is 0 Å². The van der Waals surface area contributed by atoms with Crippen molar-refractivity contribution in [3.05, 3.63) is 66.0 Å². The van der Waals surface area contributed by atoms with Gasteiger partial charge in [-0.05, 0) is 43.4 Å². The van der Waals surface area contributed by atoms with Crippen molar-refractivity contribution in [3.63, 3.8) is 0 Å². The Morgan fingerprint density at radius 2 is 1.88 bits per heavy atom. The maximum absolute atomic E-state index is 10.1. The van der Waals surface area contributed by atoms with Gasteiger partial charge in [0, 0.05) is 17.5 Å². The molecule has 0 radical (unpaired) electrons. The number of rotatable bonds is 4. The minimum absolute atomic E-state index is 0.140. The van der Waals surface area contributed by atoms with Gasteiger partial charge in [0.1, 0.15) is 11.4 Å². The van der Waals surface area contributed by atoms with E-state index >= 15 is 0 Å². The van der Waals surface area contributed by atoms with Crippen LogP contribution in [0, 0.1) is 0 Å². The summed E-state index contributed by atoms with van der Waals surface area (Å²) in [5, 5.41) is 10.1. The maximum atomic E-state index is 10.1. The Labute approximate surface area is 142 Å². The second-order valence-electron chi connectivity index (χ2n) is 5.89. The average Bonchev–Trinajstić information content (AvgIpc) is 2.62. The Morgan fingerprint density at radius 3 is 2.62 bits per heavy atom. The van der Waals surface area contributed by atoms with E-state index in [1.807, 2.05) is 30.3 Å². The fraction of sp³-hybridized carbons (Fsp3) is 0.200. The van der Waals surface area contributed by atoms with Gasteiger partial charge < -0.3 is 10.8 Å². The number of nitrogens with zero attached hydrogens (tertiary/aromatic N) is 2. The minimum atomic E-state index is 0.140. The summed E-state index contributed by atoms with van der Waals surface area (Å²) in [5.74, 6) is 0.140. The number of pyridine rings is 1. The van der Waals surface area contributed by atoms with E-state index in [2.05, 4.69) is 16.6 Å². The van der Waals surface area contributed by atoms with Gasteiger partial charge in [-0.15, -0.1) is 0 Å². The topological polar surface area (TPSA) is 71.5 Å². The summed E-state index contributed by atoms with van der Waals surface area (Å²) in [6, 6.07) is 12.9. The van der Waals surface area contributed by atoms with Gasteiger partial charge in [-0.1, -0.05) is 36.9 Å². The van der Waals surface area contributed by atoms with Crippen LogP contribution in [0.1, 0.15) is 31.4 Å². The van der Waals surface area contributed by atoms with Crippen LogP contribution in [0.15, 0.2) is 65.3 Å². The molecule has 24 heavy (non-hydrogen) atoms. The first-order valence-electron chi connectivity index (χ1n) is 8.11. The summed E-state index contributed by atoms with van der Waals surface area (Å²) < 4.78 is 0. The lowest BCUT2D eigenvalue weighted by atomic mass is 9.97. The van der Waals surface area contributed by atoms with Gasteiger partial charge in [0.25, 0.3) is 0 Å². The molecule has 122 valence electrons. The number of nitrogens with two attached hydrogens (primary N) is 1. The van der Waals surface area contributed by atoms with E-state index in [0.717, 1.165) is 42.5 Å². The minimum Gasteiger partial charge on any atom is -0.506 e. The van der Waals surface area contributed by atoms with Crippen molar-refractivity contribution in [2.24, 2.45) is 10.7 Å².